The zero-order valence-corrected chi connectivity index (χ0v) is 12.2. The third kappa shape index (κ3) is 3.36. The van der Waals surface area contributed by atoms with Crippen molar-refractivity contribution >= 4 is 11.9 Å². The van der Waals surface area contributed by atoms with Crippen molar-refractivity contribution < 1.29 is 19.4 Å². The number of carbonyl (C=O) groups excluding carboxylic acids is 1. The number of piperidine rings is 1. The lowest BCUT2D eigenvalue weighted by molar-refractivity contribution is -0.152. The molecule has 0 bridgehead atoms. The highest BCUT2D eigenvalue weighted by atomic mass is 16.5. The Morgan fingerprint density at radius 2 is 2.33 bits per heavy atom. The van der Waals surface area contributed by atoms with E-state index < -0.39 is 17.9 Å². The number of nitrogens with zero attached hydrogens (tertiary/aromatic N) is 3. The average Bonchev–Trinajstić information content (AvgIpc) is 2.45. The van der Waals surface area contributed by atoms with Gasteiger partial charge >= 0.3 is 5.97 Å². The number of amides is 1. The standard InChI is InChI=1S/C14H19N3O4/c1-9-15-6-5-11(16-9)13-10(14(19)20)3-4-12(18)17(13)7-8-21-2/h5-6,10,13H,3-4,7-8H2,1-2H3,(H,19,20). The Morgan fingerprint density at radius 3 is 2.95 bits per heavy atom. The van der Waals surface area contributed by atoms with Gasteiger partial charge in [-0.05, 0) is 19.4 Å². The molecule has 2 atom stereocenters. The van der Waals surface area contributed by atoms with E-state index in [1.165, 1.54) is 0 Å². The molecule has 2 unspecified atom stereocenters. The van der Waals surface area contributed by atoms with Crippen LogP contribution in [0.5, 0.6) is 0 Å². The van der Waals surface area contributed by atoms with Crippen LogP contribution in [0.2, 0.25) is 0 Å². The lowest BCUT2D eigenvalue weighted by atomic mass is 9.86. The molecule has 1 fully saturated rings. The Labute approximate surface area is 123 Å². The molecule has 114 valence electrons. The molecule has 2 heterocycles. The van der Waals surface area contributed by atoms with E-state index in [-0.39, 0.29) is 12.3 Å². The first kappa shape index (κ1) is 15.4. The van der Waals surface area contributed by atoms with Gasteiger partial charge in [0.25, 0.3) is 0 Å². The Balaban J connectivity index is 2.38. The Kier molecular flexibility index (Phi) is 4.85. The summed E-state index contributed by atoms with van der Waals surface area (Å²) in [6.07, 6.45) is 2.15. The number of carboxylic acids is 1. The van der Waals surface area contributed by atoms with Crippen LogP contribution in [0.4, 0.5) is 0 Å². The third-order valence-corrected chi connectivity index (χ3v) is 3.66. The maximum atomic E-state index is 12.2. The predicted molar refractivity (Wildman–Crippen MR) is 73.5 cm³/mol. The van der Waals surface area contributed by atoms with Crippen LogP contribution < -0.4 is 0 Å². The highest BCUT2D eigenvalue weighted by molar-refractivity contribution is 5.81. The molecule has 1 aliphatic rings. The maximum absolute atomic E-state index is 12.2. The summed E-state index contributed by atoms with van der Waals surface area (Å²) in [4.78, 5) is 33.6. The van der Waals surface area contributed by atoms with Crippen molar-refractivity contribution in [1.29, 1.82) is 0 Å². The molecule has 1 aromatic heterocycles. The van der Waals surface area contributed by atoms with Crippen LogP contribution in [0.3, 0.4) is 0 Å². The topological polar surface area (TPSA) is 92.6 Å². The first-order chi connectivity index (χ1) is 10.0. The van der Waals surface area contributed by atoms with Gasteiger partial charge < -0.3 is 14.7 Å². The first-order valence-electron chi connectivity index (χ1n) is 6.85. The van der Waals surface area contributed by atoms with E-state index >= 15 is 0 Å². The molecule has 2 rings (SSSR count). The van der Waals surface area contributed by atoms with Gasteiger partial charge in [-0.25, -0.2) is 9.97 Å². The summed E-state index contributed by atoms with van der Waals surface area (Å²) < 4.78 is 5.02. The van der Waals surface area contributed by atoms with Crippen LogP contribution in [0, 0.1) is 12.8 Å². The Morgan fingerprint density at radius 1 is 1.57 bits per heavy atom. The van der Waals surface area contributed by atoms with E-state index in [1.807, 2.05) is 0 Å². The quantitative estimate of drug-likeness (QED) is 0.863. The summed E-state index contributed by atoms with van der Waals surface area (Å²) in [5, 5.41) is 9.46. The molecule has 1 aromatic rings. The average molecular weight is 293 g/mol. The van der Waals surface area contributed by atoms with Gasteiger partial charge in [-0.2, -0.15) is 0 Å². The minimum Gasteiger partial charge on any atom is -0.481 e. The van der Waals surface area contributed by atoms with Crippen molar-refractivity contribution in [2.24, 2.45) is 5.92 Å². The summed E-state index contributed by atoms with van der Waals surface area (Å²) in [5.74, 6) is -1.08. The second kappa shape index (κ2) is 6.62. The summed E-state index contributed by atoms with van der Waals surface area (Å²) in [6, 6.07) is 1.10. The van der Waals surface area contributed by atoms with Gasteiger partial charge in [0.1, 0.15) is 5.82 Å². The van der Waals surface area contributed by atoms with Crippen molar-refractivity contribution in [3.63, 3.8) is 0 Å². The van der Waals surface area contributed by atoms with E-state index in [4.69, 9.17) is 4.74 Å². The number of aliphatic carboxylic acids is 1. The normalized spacial score (nSPS) is 22.4. The minimum atomic E-state index is -0.911. The van der Waals surface area contributed by atoms with Gasteiger partial charge in [0.05, 0.1) is 24.3 Å². The van der Waals surface area contributed by atoms with Crippen LogP contribution >= 0.6 is 0 Å². The summed E-state index contributed by atoms with van der Waals surface area (Å²) in [5.41, 5.74) is 0.569. The number of hydrogen-bond donors (Lipinski definition) is 1. The number of hydrogen-bond acceptors (Lipinski definition) is 5. The third-order valence-electron chi connectivity index (χ3n) is 3.66. The lowest BCUT2D eigenvalue weighted by Gasteiger charge is -2.39. The second-order valence-corrected chi connectivity index (χ2v) is 5.04. The summed E-state index contributed by atoms with van der Waals surface area (Å²) in [7, 11) is 1.55. The molecule has 7 heteroatoms. The highest BCUT2D eigenvalue weighted by Crippen LogP contribution is 2.35. The van der Waals surface area contributed by atoms with E-state index in [2.05, 4.69) is 9.97 Å². The number of ether oxygens (including phenoxy) is 1. The molecule has 1 amide bonds. The molecule has 0 radical (unpaired) electrons. The van der Waals surface area contributed by atoms with Crippen molar-refractivity contribution in [2.75, 3.05) is 20.3 Å². The minimum absolute atomic E-state index is 0.0641. The molecule has 21 heavy (non-hydrogen) atoms. The molecule has 1 aliphatic heterocycles. The molecular formula is C14H19N3O4. The molecule has 1 N–H and O–H groups in total. The number of aryl methyl sites for hydroxylation is 1. The number of carboxylic acid groups (broad SMARTS) is 1. The van der Waals surface area contributed by atoms with Crippen LogP contribution in [0.1, 0.15) is 30.4 Å². The molecule has 0 aliphatic carbocycles. The molecule has 0 aromatic carbocycles. The fourth-order valence-electron chi connectivity index (χ4n) is 2.67. The second-order valence-electron chi connectivity index (χ2n) is 5.04. The predicted octanol–water partition coefficient (Wildman–Crippen LogP) is 0.796. The zero-order chi connectivity index (χ0) is 15.4. The van der Waals surface area contributed by atoms with Crippen molar-refractivity contribution in [3.05, 3.63) is 23.8 Å². The van der Waals surface area contributed by atoms with E-state index in [1.54, 1.807) is 31.2 Å². The van der Waals surface area contributed by atoms with Gasteiger partial charge in [-0.3, -0.25) is 9.59 Å². The number of aromatic nitrogens is 2. The van der Waals surface area contributed by atoms with Crippen LogP contribution in [0.15, 0.2) is 12.3 Å². The van der Waals surface area contributed by atoms with Crippen molar-refractivity contribution in [3.8, 4) is 0 Å². The Hall–Kier alpha value is -2.02. The molecule has 1 saturated heterocycles. The molecular weight excluding hydrogens is 274 g/mol. The van der Waals surface area contributed by atoms with E-state index in [9.17, 15) is 14.7 Å². The van der Waals surface area contributed by atoms with E-state index in [0.29, 0.717) is 31.1 Å². The summed E-state index contributed by atoms with van der Waals surface area (Å²) >= 11 is 0. The molecule has 7 nitrogen and oxygen atoms in total. The number of methoxy groups -OCH3 is 1. The van der Waals surface area contributed by atoms with Gasteiger partial charge in [-0.1, -0.05) is 0 Å². The van der Waals surface area contributed by atoms with Crippen LogP contribution in [-0.4, -0.2) is 52.1 Å². The van der Waals surface area contributed by atoms with Gasteiger partial charge in [-0.15, -0.1) is 0 Å². The smallest absolute Gasteiger partial charge is 0.309 e. The fraction of sp³-hybridized carbons (Fsp3) is 0.571. The Bertz CT molecular complexity index is 535. The summed E-state index contributed by atoms with van der Waals surface area (Å²) in [6.45, 7) is 2.45. The zero-order valence-electron chi connectivity index (χ0n) is 12.2. The van der Waals surface area contributed by atoms with Gasteiger partial charge in [0, 0.05) is 26.3 Å². The maximum Gasteiger partial charge on any atom is 0.309 e. The monoisotopic (exact) mass is 293 g/mol. The van der Waals surface area contributed by atoms with Crippen molar-refractivity contribution in [2.45, 2.75) is 25.8 Å². The van der Waals surface area contributed by atoms with Crippen LogP contribution in [0.25, 0.3) is 0 Å². The lowest BCUT2D eigenvalue weighted by Crippen LogP contribution is -2.47. The molecule has 0 spiro atoms. The van der Waals surface area contributed by atoms with Gasteiger partial charge in [0.15, 0.2) is 0 Å². The SMILES string of the molecule is COCCN1C(=O)CCC(C(=O)O)C1c1ccnc(C)n1. The largest absolute Gasteiger partial charge is 0.481 e. The molecule has 0 saturated carbocycles. The van der Waals surface area contributed by atoms with Crippen LogP contribution in [-0.2, 0) is 14.3 Å². The van der Waals surface area contributed by atoms with E-state index in [0.717, 1.165) is 0 Å². The van der Waals surface area contributed by atoms with Gasteiger partial charge in [0.2, 0.25) is 5.91 Å². The fourth-order valence-corrected chi connectivity index (χ4v) is 2.67. The first-order valence-corrected chi connectivity index (χ1v) is 6.85. The van der Waals surface area contributed by atoms with Crippen molar-refractivity contribution in [1.82, 2.24) is 14.9 Å². The number of rotatable bonds is 5. The number of carbonyl (C=O) groups is 2. The highest BCUT2D eigenvalue weighted by Gasteiger charge is 2.41. The number of likely N-dealkylation sites (tertiary alicyclic amines) is 1.